The molecule has 1 rings (SSSR count). The molecule has 0 aliphatic heterocycles. The normalized spacial score (nSPS) is 11.8. The van der Waals surface area contributed by atoms with E-state index in [1.165, 1.54) is 12.0 Å². The molecule has 0 bridgehead atoms. The molecule has 0 saturated heterocycles. The summed E-state index contributed by atoms with van der Waals surface area (Å²) < 4.78 is 15.2. The summed E-state index contributed by atoms with van der Waals surface area (Å²) in [5.41, 5.74) is 0. The van der Waals surface area contributed by atoms with Crippen LogP contribution < -0.4 is 9.47 Å². The van der Waals surface area contributed by atoms with Crippen LogP contribution in [-0.2, 0) is 9.53 Å². The standard InChI is InChI=1S/C14H21NO5/c1-15(8-11(16)9-18-2)14(17)10-20-13-6-4-12(19-3)5-7-13/h4-7,11,16H,8-10H2,1-3H3. The number of carbonyl (C=O) groups is 1. The van der Waals surface area contributed by atoms with Crippen LogP contribution in [0.5, 0.6) is 11.5 Å². The Labute approximate surface area is 118 Å². The lowest BCUT2D eigenvalue weighted by Gasteiger charge is -2.20. The molecule has 1 amide bonds. The number of likely N-dealkylation sites (N-methyl/N-ethyl adjacent to an activating group) is 1. The van der Waals surface area contributed by atoms with E-state index in [2.05, 4.69) is 0 Å². The average molecular weight is 283 g/mol. The lowest BCUT2D eigenvalue weighted by molar-refractivity contribution is -0.133. The van der Waals surface area contributed by atoms with Crippen LogP contribution in [-0.4, -0.2) is 63.0 Å². The minimum atomic E-state index is -0.699. The Hall–Kier alpha value is -1.79. The maximum Gasteiger partial charge on any atom is 0.260 e. The summed E-state index contributed by atoms with van der Waals surface area (Å²) in [6.07, 6.45) is -0.699. The van der Waals surface area contributed by atoms with E-state index in [9.17, 15) is 9.90 Å². The molecule has 0 fully saturated rings. The van der Waals surface area contributed by atoms with E-state index in [0.29, 0.717) is 5.75 Å². The van der Waals surface area contributed by atoms with E-state index in [4.69, 9.17) is 14.2 Å². The molecule has 6 nitrogen and oxygen atoms in total. The molecule has 0 aliphatic rings. The summed E-state index contributed by atoms with van der Waals surface area (Å²) in [6.45, 7) is 0.318. The molecule has 1 unspecified atom stereocenters. The molecule has 1 aromatic carbocycles. The van der Waals surface area contributed by atoms with Gasteiger partial charge in [0.05, 0.1) is 19.8 Å². The first kappa shape index (κ1) is 16.3. The van der Waals surface area contributed by atoms with Crippen molar-refractivity contribution in [3.05, 3.63) is 24.3 Å². The van der Waals surface area contributed by atoms with Crippen LogP contribution in [0.2, 0.25) is 0 Å². The van der Waals surface area contributed by atoms with Crippen LogP contribution in [0.1, 0.15) is 0 Å². The Morgan fingerprint density at radius 1 is 1.25 bits per heavy atom. The number of amides is 1. The number of benzene rings is 1. The monoisotopic (exact) mass is 283 g/mol. The van der Waals surface area contributed by atoms with Crippen LogP contribution >= 0.6 is 0 Å². The number of nitrogens with zero attached hydrogens (tertiary/aromatic N) is 1. The van der Waals surface area contributed by atoms with E-state index in [0.717, 1.165) is 5.75 Å². The molecule has 0 aromatic heterocycles. The van der Waals surface area contributed by atoms with Crippen LogP contribution in [0.4, 0.5) is 0 Å². The molecular formula is C14H21NO5. The summed E-state index contributed by atoms with van der Waals surface area (Å²) in [6, 6.07) is 6.97. The van der Waals surface area contributed by atoms with Gasteiger partial charge in [-0.2, -0.15) is 0 Å². The van der Waals surface area contributed by atoms with Crippen LogP contribution in [0, 0.1) is 0 Å². The molecule has 0 radical (unpaired) electrons. The Balaban J connectivity index is 2.37. The van der Waals surface area contributed by atoms with Gasteiger partial charge < -0.3 is 24.2 Å². The first-order valence-corrected chi connectivity index (χ1v) is 6.24. The number of aliphatic hydroxyl groups excluding tert-OH is 1. The highest BCUT2D eigenvalue weighted by molar-refractivity contribution is 5.77. The highest BCUT2D eigenvalue weighted by atomic mass is 16.5. The third-order valence-corrected chi connectivity index (χ3v) is 2.69. The number of aliphatic hydroxyl groups is 1. The van der Waals surface area contributed by atoms with Crippen molar-refractivity contribution >= 4 is 5.91 Å². The predicted octanol–water partition coefficient (Wildman–Crippen LogP) is 0.540. The van der Waals surface area contributed by atoms with Crippen LogP contribution in [0.3, 0.4) is 0 Å². The first-order valence-electron chi connectivity index (χ1n) is 6.24. The van der Waals surface area contributed by atoms with E-state index in [1.54, 1.807) is 38.4 Å². The van der Waals surface area contributed by atoms with Gasteiger partial charge in [0.2, 0.25) is 0 Å². The van der Waals surface area contributed by atoms with Crippen molar-refractivity contribution in [2.24, 2.45) is 0 Å². The van der Waals surface area contributed by atoms with Gasteiger partial charge in [0.15, 0.2) is 6.61 Å². The van der Waals surface area contributed by atoms with Gasteiger partial charge in [-0.25, -0.2) is 0 Å². The van der Waals surface area contributed by atoms with Gasteiger partial charge in [0.1, 0.15) is 11.5 Å². The highest BCUT2D eigenvalue weighted by Crippen LogP contribution is 2.16. The molecule has 6 heteroatoms. The van der Waals surface area contributed by atoms with Crippen molar-refractivity contribution < 1.29 is 24.1 Å². The molecule has 1 aromatic rings. The topological polar surface area (TPSA) is 68.2 Å². The summed E-state index contributed by atoms with van der Waals surface area (Å²) in [5.74, 6) is 1.10. The number of hydrogen-bond donors (Lipinski definition) is 1. The fraction of sp³-hybridized carbons (Fsp3) is 0.500. The zero-order chi connectivity index (χ0) is 15.0. The molecule has 0 saturated carbocycles. The fourth-order valence-corrected chi connectivity index (χ4v) is 1.59. The lowest BCUT2D eigenvalue weighted by Crippen LogP contribution is -2.38. The predicted molar refractivity (Wildman–Crippen MR) is 74.0 cm³/mol. The average Bonchev–Trinajstić information content (AvgIpc) is 2.45. The summed E-state index contributed by atoms with van der Waals surface area (Å²) in [7, 11) is 4.69. The maximum absolute atomic E-state index is 11.8. The van der Waals surface area contributed by atoms with Gasteiger partial charge in [-0.1, -0.05) is 0 Å². The van der Waals surface area contributed by atoms with Gasteiger partial charge in [-0.3, -0.25) is 4.79 Å². The second-order valence-electron chi connectivity index (χ2n) is 4.35. The van der Waals surface area contributed by atoms with Crippen LogP contribution in [0.15, 0.2) is 24.3 Å². The van der Waals surface area contributed by atoms with E-state index in [1.807, 2.05) is 0 Å². The zero-order valence-corrected chi connectivity index (χ0v) is 12.0. The second kappa shape index (κ2) is 8.39. The SMILES string of the molecule is COCC(O)CN(C)C(=O)COc1ccc(OC)cc1. The second-order valence-corrected chi connectivity index (χ2v) is 4.35. The largest absolute Gasteiger partial charge is 0.497 e. The van der Waals surface area contributed by atoms with Crippen molar-refractivity contribution in [2.45, 2.75) is 6.10 Å². The van der Waals surface area contributed by atoms with Crippen molar-refractivity contribution in [2.75, 3.05) is 41.0 Å². The summed E-state index contributed by atoms with van der Waals surface area (Å²) >= 11 is 0. The molecule has 0 aliphatic carbocycles. The number of ether oxygens (including phenoxy) is 3. The van der Waals surface area contributed by atoms with Crippen molar-refractivity contribution in [1.29, 1.82) is 0 Å². The molecule has 0 spiro atoms. The van der Waals surface area contributed by atoms with Gasteiger partial charge >= 0.3 is 0 Å². The van der Waals surface area contributed by atoms with E-state index in [-0.39, 0.29) is 25.7 Å². The Morgan fingerprint density at radius 3 is 2.40 bits per heavy atom. The van der Waals surface area contributed by atoms with E-state index < -0.39 is 6.10 Å². The Kier molecular flexibility index (Phi) is 6.83. The number of methoxy groups -OCH3 is 2. The first-order chi connectivity index (χ1) is 9.56. The smallest absolute Gasteiger partial charge is 0.260 e. The fourth-order valence-electron chi connectivity index (χ4n) is 1.59. The molecular weight excluding hydrogens is 262 g/mol. The Morgan fingerprint density at radius 2 is 1.85 bits per heavy atom. The maximum atomic E-state index is 11.8. The highest BCUT2D eigenvalue weighted by Gasteiger charge is 2.14. The van der Waals surface area contributed by atoms with Gasteiger partial charge in [0.25, 0.3) is 5.91 Å². The van der Waals surface area contributed by atoms with Crippen molar-refractivity contribution in [1.82, 2.24) is 4.90 Å². The molecule has 0 heterocycles. The zero-order valence-electron chi connectivity index (χ0n) is 12.0. The molecule has 1 atom stereocenters. The summed E-state index contributed by atoms with van der Waals surface area (Å²) in [5, 5.41) is 9.54. The summed E-state index contributed by atoms with van der Waals surface area (Å²) in [4.78, 5) is 13.2. The van der Waals surface area contributed by atoms with E-state index >= 15 is 0 Å². The molecule has 1 N–H and O–H groups in total. The Bertz CT molecular complexity index is 407. The lowest BCUT2D eigenvalue weighted by atomic mass is 10.3. The minimum absolute atomic E-state index is 0.0808. The minimum Gasteiger partial charge on any atom is -0.497 e. The molecule has 20 heavy (non-hydrogen) atoms. The number of carbonyl (C=O) groups excluding carboxylic acids is 1. The third-order valence-electron chi connectivity index (χ3n) is 2.69. The quantitative estimate of drug-likeness (QED) is 0.754. The molecule has 112 valence electrons. The van der Waals surface area contributed by atoms with Crippen molar-refractivity contribution in [3.8, 4) is 11.5 Å². The number of hydrogen-bond acceptors (Lipinski definition) is 5. The van der Waals surface area contributed by atoms with Crippen molar-refractivity contribution in [3.63, 3.8) is 0 Å². The van der Waals surface area contributed by atoms with Gasteiger partial charge in [-0.15, -0.1) is 0 Å². The van der Waals surface area contributed by atoms with Gasteiger partial charge in [0, 0.05) is 20.7 Å². The number of rotatable bonds is 8. The van der Waals surface area contributed by atoms with Gasteiger partial charge in [-0.05, 0) is 24.3 Å². The third kappa shape index (κ3) is 5.46. The van der Waals surface area contributed by atoms with Crippen LogP contribution in [0.25, 0.3) is 0 Å².